The van der Waals surface area contributed by atoms with Gasteiger partial charge in [0, 0.05) is 6.92 Å². The molecule has 1 heterocycles. The second-order valence-electron chi connectivity index (χ2n) is 3.33. The van der Waals surface area contributed by atoms with Crippen LogP contribution < -0.4 is 5.32 Å². The summed E-state index contributed by atoms with van der Waals surface area (Å²) < 4.78 is 17.7. The Morgan fingerprint density at radius 2 is 2.00 bits per heavy atom. The van der Waals surface area contributed by atoms with E-state index in [9.17, 15) is 4.39 Å². The third kappa shape index (κ3) is 2.87. The Morgan fingerprint density at radius 3 is 2.53 bits per heavy atom. The number of aromatic nitrogens is 2. The molecule has 7 heteroatoms. The van der Waals surface area contributed by atoms with Crippen LogP contribution in [-0.2, 0) is 6.54 Å². The van der Waals surface area contributed by atoms with Crippen LogP contribution in [0.2, 0.25) is 10.0 Å². The van der Waals surface area contributed by atoms with Crippen LogP contribution >= 0.6 is 23.2 Å². The van der Waals surface area contributed by atoms with Gasteiger partial charge in [0.25, 0.3) is 0 Å². The van der Waals surface area contributed by atoms with Crippen molar-refractivity contribution in [1.29, 1.82) is 0 Å². The summed E-state index contributed by atoms with van der Waals surface area (Å²) in [4.78, 5) is 4.00. The van der Waals surface area contributed by atoms with E-state index in [0.29, 0.717) is 23.9 Å². The van der Waals surface area contributed by atoms with E-state index in [2.05, 4.69) is 15.5 Å². The molecule has 0 unspecified atom stereocenters. The van der Waals surface area contributed by atoms with Crippen molar-refractivity contribution < 1.29 is 8.91 Å². The molecule has 0 amide bonds. The zero-order valence-corrected chi connectivity index (χ0v) is 10.3. The minimum atomic E-state index is -0.485. The number of aryl methyl sites for hydroxylation is 1. The first-order chi connectivity index (χ1) is 8.06. The second kappa shape index (κ2) is 4.89. The van der Waals surface area contributed by atoms with Gasteiger partial charge >= 0.3 is 0 Å². The molecular formula is C10H8Cl2FN3O. The minimum absolute atomic E-state index is 0.204. The van der Waals surface area contributed by atoms with Crippen LogP contribution in [0.15, 0.2) is 16.7 Å². The summed E-state index contributed by atoms with van der Waals surface area (Å²) in [7, 11) is 0. The lowest BCUT2D eigenvalue weighted by Gasteiger charge is -2.08. The molecule has 0 fully saturated rings. The Labute approximate surface area is 107 Å². The summed E-state index contributed by atoms with van der Waals surface area (Å²) in [5.74, 6) is 0.456. The second-order valence-corrected chi connectivity index (χ2v) is 4.14. The summed E-state index contributed by atoms with van der Waals surface area (Å²) in [6, 6.07) is 2.36. The average Bonchev–Trinajstić information content (AvgIpc) is 2.62. The van der Waals surface area contributed by atoms with Gasteiger partial charge in [-0.05, 0) is 12.1 Å². The minimum Gasteiger partial charge on any atom is -0.375 e. The van der Waals surface area contributed by atoms with Gasteiger partial charge in [0.15, 0.2) is 5.82 Å². The molecule has 2 rings (SSSR count). The lowest BCUT2D eigenvalue weighted by molar-refractivity contribution is 0.388. The number of halogens is 3. The van der Waals surface area contributed by atoms with Crippen molar-refractivity contribution in [2.45, 2.75) is 13.5 Å². The zero-order chi connectivity index (χ0) is 12.4. The zero-order valence-electron chi connectivity index (χ0n) is 8.80. The van der Waals surface area contributed by atoms with E-state index < -0.39 is 5.82 Å². The largest absolute Gasteiger partial charge is 0.375 e. The summed E-state index contributed by atoms with van der Waals surface area (Å²) in [6.45, 7) is 1.98. The van der Waals surface area contributed by atoms with Crippen LogP contribution in [0.4, 0.5) is 10.1 Å². The predicted octanol–water partition coefficient (Wildman–Crippen LogP) is 3.44. The van der Waals surface area contributed by atoms with Gasteiger partial charge in [-0.15, -0.1) is 0 Å². The van der Waals surface area contributed by atoms with E-state index in [1.807, 2.05) is 0 Å². The van der Waals surface area contributed by atoms with E-state index in [4.69, 9.17) is 27.7 Å². The summed E-state index contributed by atoms with van der Waals surface area (Å²) >= 11 is 11.7. The van der Waals surface area contributed by atoms with Crippen molar-refractivity contribution in [3.05, 3.63) is 39.7 Å². The van der Waals surface area contributed by atoms with Gasteiger partial charge in [0.05, 0.1) is 22.3 Å². The highest BCUT2D eigenvalue weighted by Gasteiger charge is 2.09. The van der Waals surface area contributed by atoms with Crippen molar-refractivity contribution in [2.24, 2.45) is 0 Å². The molecule has 0 atom stereocenters. The van der Waals surface area contributed by atoms with Crippen LogP contribution in [-0.4, -0.2) is 10.1 Å². The fourth-order valence-electron chi connectivity index (χ4n) is 1.29. The number of benzene rings is 1. The molecule has 0 aliphatic heterocycles. The molecule has 0 bridgehead atoms. The maximum atomic E-state index is 12.9. The Balaban J connectivity index is 2.14. The Morgan fingerprint density at radius 1 is 1.35 bits per heavy atom. The molecule has 1 aromatic carbocycles. The van der Waals surface area contributed by atoms with Gasteiger partial charge in [0.2, 0.25) is 5.89 Å². The van der Waals surface area contributed by atoms with Crippen LogP contribution in [0.3, 0.4) is 0 Å². The molecule has 1 aromatic heterocycles. The smallest absolute Gasteiger partial charge is 0.223 e. The molecule has 0 saturated carbocycles. The third-order valence-electron chi connectivity index (χ3n) is 2.00. The first-order valence-corrected chi connectivity index (χ1v) is 5.49. The van der Waals surface area contributed by atoms with Crippen LogP contribution in [0.5, 0.6) is 0 Å². The normalized spacial score (nSPS) is 10.6. The lowest BCUT2D eigenvalue weighted by atomic mass is 10.3. The fraction of sp³-hybridized carbons (Fsp3) is 0.200. The van der Waals surface area contributed by atoms with Crippen molar-refractivity contribution in [2.75, 3.05) is 5.32 Å². The van der Waals surface area contributed by atoms with E-state index >= 15 is 0 Å². The number of nitrogens with zero attached hydrogens (tertiary/aromatic N) is 2. The van der Waals surface area contributed by atoms with Crippen LogP contribution in [0.25, 0.3) is 0 Å². The highest BCUT2D eigenvalue weighted by atomic mass is 35.5. The van der Waals surface area contributed by atoms with Crippen molar-refractivity contribution >= 4 is 28.9 Å². The molecule has 0 saturated heterocycles. The molecule has 0 aliphatic rings. The van der Waals surface area contributed by atoms with E-state index in [1.54, 1.807) is 6.92 Å². The van der Waals surface area contributed by atoms with E-state index in [-0.39, 0.29) is 10.0 Å². The molecule has 0 radical (unpaired) electrons. The molecular weight excluding hydrogens is 268 g/mol. The Kier molecular flexibility index (Phi) is 3.49. The van der Waals surface area contributed by atoms with Crippen LogP contribution in [0.1, 0.15) is 11.7 Å². The maximum absolute atomic E-state index is 12.9. The topological polar surface area (TPSA) is 51.0 Å². The quantitative estimate of drug-likeness (QED) is 0.933. The molecule has 90 valence electrons. The molecule has 0 aliphatic carbocycles. The molecule has 4 nitrogen and oxygen atoms in total. The fourth-order valence-corrected chi connectivity index (χ4v) is 1.89. The van der Waals surface area contributed by atoms with Gasteiger partial charge in [-0.25, -0.2) is 4.39 Å². The SMILES string of the molecule is Cc1nc(CNc2c(Cl)cc(F)cc2Cl)no1. The van der Waals surface area contributed by atoms with Gasteiger partial charge in [-0.1, -0.05) is 28.4 Å². The molecule has 0 spiro atoms. The van der Waals surface area contributed by atoms with E-state index in [1.165, 1.54) is 12.1 Å². The maximum Gasteiger partial charge on any atom is 0.223 e. The molecule has 2 aromatic rings. The monoisotopic (exact) mass is 275 g/mol. The summed E-state index contributed by atoms with van der Waals surface area (Å²) in [5.41, 5.74) is 0.442. The summed E-state index contributed by atoms with van der Waals surface area (Å²) in [6.07, 6.45) is 0. The summed E-state index contributed by atoms with van der Waals surface area (Å²) in [5, 5.41) is 7.03. The first kappa shape index (κ1) is 12.1. The van der Waals surface area contributed by atoms with E-state index in [0.717, 1.165) is 0 Å². The molecule has 1 N–H and O–H groups in total. The predicted molar refractivity (Wildman–Crippen MR) is 62.8 cm³/mol. The number of hydrogen-bond donors (Lipinski definition) is 1. The standard InChI is InChI=1S/C10H8Cl2FN3O/c1-5-15-9(16-17-5)4-14-10-7(11)2-6(13)3-8(10)12/h2-3,14H,4H2,1H3. The number of anilines is 1. The third-order valence-corrected chi connectivity index (χ3v) is 2.60. The van der Waals surface area contributed by atoms with Gasteiger partial charge in [0.1, 0.15) is 5.82 Å². The van der Waals surface area contributed by atoms with Crippen LogP contribution in [0, 0.1) is 12.7 Å². The van der Waals surface area contributed by atoms with Crippen molar-refractivity contribution in [1.82, 2.24) is 10.1 Å². The Bertz CT molecular complexity index is 521. The number of rotatable bonds is 3. The van der Waals surface area contributed by atoms with Gasteiger partial charge in [-0.2, -0.15) is 4.98 Å². The van der Waals surface area contributed by atoms with Gasteiger partial charge < -0.3 is 9.84 Å². The highest BCUT2D eigenvalue weighted by molar-refractivity contribution is 6.39. The van der Waals surface area contributed by atoms with Crippen molar-refractivity contribution in [3.8, 4) is 0 Å². The highest BCUT2D eigenvalue weighted by Crippen LogP contribution is 2.31. The average molecular weight is 276 g/mol. The lowest BCUT2D eigenvalue weighted by Crippen LogP contribution is -2.02. The molecule has 17 heavy (non-hydrogen) atoms. The number of nitrogens with one attached hydrogen (secondary N) is 1. The van der Waals surface area contributed by atoms with Gasteiger partial charge in [-0.3, -0.25) is 0 Å². The number of hydrogen-bond acceptors (Lipinski definition) is 4. The van der Waals surface area contributed by atoms with Crippen molar-refractivity contribution in [3.63, 3.8) is 0 Å². The first-order valence-electron chi connectivity index (χ1n) is 4.74. The Hall–Kier alpha value is -1.33.